The number of hydrogen-bond acceptors (Lipinski definition) is 7. The molecule has 9 nitrogen and oxygen atoms in total. The summed E-state index contributed by atoms with van der Waals surface area (Å²) < 4.78 is 26.5. The zero-order valence-corrected chi connectivity index (χ0v) is 18.1. The highest BCUT2D eigenvalue weighted by Gasteiger charge is 2.04. The number of hydrogen-bond donors (Lipinski definition) is 2. The summed E-state index contributed by atoms with van der Waals surface area (Å²) in [6.45, 7) is 3.14. The maximum absolute atomic E-state index is 10.9. The van der Waals surface area contributed by atoms with Crippen LogP contribution >= 0.6 is 0 Å². The van der Waals surface area contributed by atoms with Crippen molar-refractivity contribution in [2.24, 2.45) is 0 Å². The fourth-order valence-corrected chi connectivity index (χ4v) is 2.57. The van der Waals surface area contributed by atoms with Crippen molar-refractivity contribution in [1.29, 1.82) is 0 Å². The number of nitrogens with one attached hydrogen (secondary N) is 1. The molecule has 0 atom stereocenters. The van der Waals surface area contributed by atoms with Crippen molar-refractivity contribution in [3.8, 4) is 16.9 Å². The molecule has 0 heterocycles. The second-order valence-electron chi connectivity index (χ2n) is 6.48. The van der Waals surface area contributed by atoms with Crippen LogP contribution in [0.15, 0.2) is 48.5 Å². The SMILES string of the molecule is CNC(=O)OCCOCCOCCOCCOc1ccc(-c2ccc(C(=O)O)cc2)cc1. The van der Waals surface area contributed by atoms with Crippen molar-refractivity contribution in [3.63, 3.8) is 0 Å². The number of aromatic carboxylic acids is 1. The minimum absolute atomic E-state index is 0.200. The van der Waals surface area contributed by atoms with Crippen LogP contribution in [-0.2, 0) is 18.9 Å². The van der Waals surface area contributed by atoms with E-state index in [0.717, 1.165) is 16.9 Å². The molecule has 0 bridgehead atoms. The second kappa shape index (κ2) is 14.8. The molecule has 9 heteroatoms. The number of benzene rings is 2. The molecule has 0 fully saturated rings. The highest BCUT2D eigenvalue weighted by atomic mass is 16.6. The molecule has 0 radical (unpaired) electrons. The van der Waals surface area contributed by atoms with Crippen LogP contribution in [0.4, 0.5) is 4.79 Å². The summed E-state index contributed by atoms with van der Waals surface area (Å²) in [6, 6.07) is 14.3. The molecule has 2 N–H and O–H groups in total. The summed E-state index contributed by atoms with van der Waals surface area (Å²) in [7, 11) is 1.50. The highest BCUT2D eigenvalue weighted by molar-refractivity contribution is 5.88. The Bertz CT molecular complexity index is 808. The number of alkyl carbamates (subject to hydrolysis) is 1. The molecular formula is C23H29NO8. The van der Waals surface area contributed by atoms with Crippen LogP contribution in [0.3, 0.4) is 0 Å². The number of carboxylic acid groups (broad SMARTS) is 1. The third kappa shape index (κ3) is 9.78. The molecule has 0 unspecified atom stereocenters. The van der Waals surface area contributed by atoms with E-state index in [1.165, 1.54) is 7.05 Å². The van der Waals surface area contributed by atoms with Crippen LogP contribution in [0.2, 0.25) is 0 Å². The first-order chi connectivity index (χ1) is 15.6. The molecule has 2 aromatic rings. The monoisotopic (exact) mass is 447 g/mol. The number of carbonyl (C=O) groups is 2. The standard InChI is InChI=1S/C23H29NO8/c1-24-23(27)32-17-15-30-13-11-28-10-12-29-14-16-31-21-8-6-19(7-9-21)18-2-4-20(5-3-18)22(25)26/h2-9H,10-17H2,1H3,(H,24,27)(H,25,26). The third-order valence-corrected chi connectivity index (χ3v) is 4.22. The number of rotatable bonds is 15. The van der Waals surface area contributed by atoms with Crippen molar-refractivity contribution in [2.75, 3.05) is 59.9 Å². The van der Waals surface area contributed by atoms with Gasteiger partial charge in [0.25, 0.3) is 0 Å². The number of ether oxygens (including phenoxy) is 5. The van der Waals surface area contributed by atoms with E-state index in [2.05, 4.69) is 5.32 Å². The minimum Gasteiger partial charge on any atom is -0.491 e. The molecule has 0 aliphatic rings. The molecule has 0 aliphatic carbocycles. The smallest absolute Gasteiger partial charge is 0.406 e. The predicted octanol–water partition coefficient (Wildman–Crippen LogP) is 2.84. The van der Waals surface area contributed by atoms with Gasteiger partial charge in [0.1, 0.15) is 19.0 Å². The Morgan fingerprint density at radius 1 is 0.719 bits per heavy atom. The van der Waals surface area contributed by atoms with Crippen molar-refractivity contribution in [1.82, 2.24) is 5.32 Å². The van der Waals surface area contributed by atoms with E-state index >= 15 is 0 Å². The topological polar surface area (TPSA) is 113 Å². The molecule has 0 saturated heterocycles. The average Bonchev–Trinajstić information content (AvgIpc) is 2.82. The summed E-state index contributed by atoms with van der Waals surface area (Å²) in [6.07, 6.45) is -0.479. The maximum Gasteiger partial charge on any atom is 0.406 e. The quantitative estimate of drug-likeness (QED) is 0.401. The van der Waals surface area contributed by atoms with Crippen molar-refractivity contribution in [3.05, 3.63) is 54.1 Å². The number of amides is 1. The Morgan fingerprint density at radius 3 is 1.69 bits per heavy atom. The van der Waals surface area contributed by atoms with E-state index in [1.807, 2.05) is 24.3 Å². The lowest BCUT2D eigenvalue weighted by Crippen LogP contribution is -2.21. The van der Waals surface area contributed by atoms with Gasteiger partial charge in [-0.1, -0.05) is 24.3 Å². The Morgan fingerprint density at radius 2 is 1.19 bits per heavy atom. The van der Waals surface area contributed by atoms with Gasteiger partial charge in [-0.25, -0.2) is 9.59 Å². The van der Waals surface area contributed by atoms with Gasteiger partial charge in [-0.3, -0.25) is 0 Å². The van der Waals surface area contributed by atoms with E-state index in [4.69, 9.17) is 28.8 Å². The lowest BCUT2D eigenvalue weighted by molar-refractivity contribution is 0.00204. The van der Waals surface area contributed by atoms with E-state index in [1.54, 1.807) is 24.3 Å². The summed E-state index contributed by atoms with van der Waals surface area (Å²) in [4.78, 5) is 21.7. The first-order valence-electron chi connectivity index (χ1n) is 10.2. The largest absolute Gasteiger partial charge is 0.491 e. The zero-order valence-electron chi connectivity index (χ0n) is 18.1. The maximum atomic E-state index is 10.9. The van der Waals surface area contributed by atoms with Gasteiger partial charge in [0.2, 0.25) is 0 Å². The van der Waals surface area contributed by atoms with Gasteiger partial charge in [0.05, 0.1) is 45.2 Å². The van der Waals surface area contributed by atoms with Crippen LogP contribution in [0.1, 0.15) is 10.4 Å². The van der Waals surface area contributed by atoms with Gasteiger partial charge in [0, 0.05) is 7.05 Å². The lowest BCUT2D eigenvalue weighted by atomic mass is 10.0. The molecule has 0 saturated carbocycles. The minimum atomic E-state index is -0.940. The summed E-state index contributed by atoms with van der Waals surface area (Å²) in [5.41, 5.74) is 2.18. The van der Waals surface area contributed by atoms with Crippen LogP contribution in [0.25, 0.3) is 11.1 Å². The first-order valence-corrected chi connectivity index (χ1v) is 10.2. The Hall–Kier alpha value is -3.14. The fourth-order valence-electron chi connectivity index (χ4n) is 2.57. The van der Waals surface area contributed by atoms with Gasteiger partial charge >= 0.3 is 12.1 Å². The van der Waals surface area contributed by atoms with Crippen molar-refractivity contribution < 1.29 is 38.4 Å². The summed E-state index contributed by atoms with van der Waals surface area (Å²) in [5.74, 6) is -0.210. The van der Waals surface area contributed by atoms with Gasteiger partial charge < -0.3 is 34.1 Å². The van der Waals surface area contributed by atoms with E-state index in [9.17, 15) is 9.59 Å². The first kappa shape index (κ1) is 25.1. The van der Waals surface area contributed by atoms with Crippen molar-refractivity contribution in [2.45, 2.75) is 0 Å². The van der Waals surface area contributed by atoms with Gasteiger partial charge in [0.15, 0.2) is 0 Å². The molecule has 0 aliphatic heterocycles. The van der Waals surface area contributed by atoms with Gasteiger partial charge in [-0.2, -0.15) is 0 Å². The molecule has 0 spiro atoms. The van der Waals surface area contributed by atoms with Gasteiger partial charge in [-0.15, -0.1) is 0 Å². The predicted molar refractivity (Wildman–Crippen MR) is 117 cm³/mol. The van der Waals surface area contributed by atoms with E-state index in [0.29, 0.717) is 46.2 Å². The van der Waals surface area contributed by atoms with Crippen LogP contribution in [0, 0.1) is 0 Å². The molecule has 0 aromatic heterocycles. The number of carboxylic acids is 1. The average molecular weight is 447 g/mol. The Kier molecular flexibility index (Phi) is 11.6. The summed E-state index contributed by atoms with van der Waals surface area (Å²) in [5, 5.41) is 11.3. The molecule has 32 heavy (non-hydrogen) atoms. The van der Waals surface area contributed by atoms with Crippen LogP contribution in [0.5, 0.6) is 5.75 Å². The lowest BCUT2D eigenvalue weighted by Gasteiger charge is -2.09. The normalized spacial score (nSPS) is 10.5. The second-order valence-corrected chi connectivity index (χ2v) is 6.48. The fraction of sp³-hybridized carbons (Fsp3) is 0.391. The summed E-state index contributed by atoms with van der Waals surface area (Å²) >= 11 is 0. The molecule has 2 rings (SSSR count). The van der Waals surface area contributed by atoms with Crippen LogP contribution in [-0.4, -0.2) is 77.1 Å². The highest BCUT2D eigenvalue weighted by Crippen LogP contribution is 2.22. The Labute approximate surface area is 187 Å². The van der Waals surface area contributed by atoms with Crippen molar-refractivity contribution >= 4 is 12.1 Å². The third-order valence-electron chi connectivity index (χ3n) is 4.22. The molecule has 2 aromatic carbocycles. The van der Waals surface area contributed by atoms with E-state index < -0.39 is 12.1 Å². The zero-order chi connectivity index (χ0) is 23.0. The van der Waals surface area contributed by atoms with E-state index in [-0.39, 0.29) is 12.2 Å². The molecule has 1 amide bonds. The molecular weight excluding hydrogens is 418 g/mol. The molecule has 174 valence electrons. The number of carbonyl (C=O) groups excluding carboxylic acids is 1. The van der Waals surface area contributed by atoms with Crippen LogP contribution < -0.4 is 10.1 Å². The Balaban J connectivity index is 1.48. The van der Waals surface area contributed by atoms with Gasteiger partial charge in [-0.05, 0) is 35.4 Å².